The van der Waals surface area contributed by atoms with E-state index >= 15 is 0 Å². The maximum Gasteiger partial charge on any atom is 0.408 e. The number of ether oxygens (including phenoxy) is 2. The summed E-state index contributed by atoms with van der Waals surface area (Å²) in [6.07, 6.45) is 0.122. The third kappa shape index (κ3) is 8.18. The lowest BCUT2D eigenvalue weighted by atomic mass is 10.1. The molecule has 110 valence electrons. The molecule has 0 saturated heterocycles. The Balaban J connectivity index is 4.47. The molecule has 0 radical (unpaired) electrons. The summed E-state index contributed by atoms with van der Waals surface area (Å²) in [4.78, 5) is 34.3. The summed E-state index contributed by atoms with van der Waals surface area (Å²) < 4.78 is 9.64. The van der Waals surface area contributed by atoms with Gasteiger partial charge >= 0.3 is 12.1 Å². The van der Waals surface area contributed by atoms with Gasteiger partial charge in [0.05, 0.1) is 7.11 Å². The van der Waals surface area contributed by atoms with E-state index in [9.17, 15) is 14.4 Å². The van der Waals surface area contributed by atoms with Crippen LogP contribution in [0.4, 0.5) is 4.79 Å². The van der Waals surface area contributed by atoms with E-state index in [4.69, 9.17) is 4.74 Å². The van der Waals surface area contributed by atoms with Crippen LogP contribution in [-0.4, -0.2) is 36.6 Å². The van der Waals surface area contributed by atoms with E-state index in [0.717, 1.165) is 0 Å². The second-order valence-corrected chi connectivity index (χ2v) is 5.15. The average Bonchev–Trinajstić information content (AvgIpc) is 2.30. The molecular formula is C13H23NO5. The first kappa shape index (κ1) is 17.4. The normalized spacial score (nSPS) is 12.5. The van der Waals surface area contributed by atoms with Crippen LogP contribution >= 0.6 is 0 Å². The molecule has 0 bridgehead atoms. The Bertz CT molecular complexity index is 332. The molecule has 0 fully saturated rings. The number of nitrogens with one attached hydrogen (secondary N) is 1. The highest BCUT2D eigenvalue weighted by Crippen LogP contribution is 2.08. The topological polar surface area (TPSA) is 81.7 Å². The highest BCUT2D eigenvalue weighted by molar-refractivity contribution is 5.83. The van der Waals surface area contributed by atoms with Crippen LogP contribution in [0.2, 0.25) is 0 Å². The summed E-state index contributed by atoms with van der Waals surface area (Å²) in [5, 5.41) is 2.42. The molecule has 0 aromatic heterocycles. The molecule has 0 aliphatic heterocycles. The molecule has 0 unspecified atom stereocenters. The van der Waals surface area contributed by atoms with Gasteiger partial charge in [0, 0.05) is 12.8 Å². The Morgan fingerprint density at radius 1 is 1.21 bits per heavy atom. The standard InChI is InChI=1S/C13H23NO5/c1-6-9(15)7-8-10(11(16)18-5)14-12(17)19-13(2,3)4/h10H,6-8H2,1-5H3,(H,14,17)/t10-/m0/s1. The number of hydrogen-bond acceptors (Lipinski definition) is 5. The molecule has 0 rings (SSSR count). The van der Waals surface area contributed by atoms with Crippen LogP contribution in [-0.2, 0) is 19.1 Å². The van der Waals surface area contributed by atoms with Crippen LogP contribution in [0.25, 0.3) is 0 Å². The monoisotopic (exact) mass is 273 g/mol. The first-order valence-electron chi connectivity index (χ1n) is 6.28. The van der Waals surface area contributed by atoms with Crippen molar-refractivity contribution < 1.29 is 23.9 Å². The van der Waals surface area contributed by atoms with Gasteiger partial charge in [-0.1, -0.05) is 6.92 Å². The molecule has 6 heteroatoms. The lowest BCUT2D eigenvalue weighted by molar-refractivity contribution is -0.143. The van der Waals surface area contributed by atoms with E-state index in [1.165, 1.54) is 7.11 Å². The van der Waals surface area contributed by atoms with E-state index in [1.54, 1.807) is 27.7 Å². The minimum atomic E-state index is -0.865. The molecule has 6 nitrogen and oxygen atoms in total. The molecule has 0 aromatic carbocycles. The molecular weight excluding hydrogens is 250 g/mol. The summed E-state index contributed by atoms with van der Waals surface area (Å²) in [6.45, 7) is 6.91. The van der Waals surface area contributed by atoms with E-state index in [2.05, 4.69) is 10.1 Å². The van der Waals surface area contributed by atoms with Gasteiger partial charge in [0.25, 0.3) is 0 Å². The number of methoxy groups -OCH3 is 1. The van der Waals surface area contributed by atoms with Gasteiger partial charge in [-0.3, -0.25) is 4.79 Å². The van der Waals surface area contributed by atoms with Crippen LogP contribution in [0.15, 0.2) is 0 Å². The number of esters is 1. The molecule has 1 amide bonds. The first-order valence-corrected chi connectivity index (χ1v) is 6.28. The second kappa shape index (κ2) is 7.76. The first-order chi connectivity index (χ1) is 8.69. The third-order valence-electron chi connectivity index (χ3n) is 2.28. The van der Waals surface area contributed by atoms with E-state index in [1.807, 2.05) is 0 Å². The minimum absolute atomic E-state index is 0.0277. The number of rotatable bonds is 6. The number of carbonyl (C=O) groups is 3. The van der Waals surface area contributed by atoms with Gasteiger partial charge < -0.3 is 14.8 Å². The number of Topliss-reactive ketones (excluding diaryl/α,β-unsaturated/α-hetero) is 1. The van der Waals surface area contributed by atoms with Gasteiger partial charge in [-0.15, -0.1) is 0 Å². The highest BCUT2D eigenvalue weighted by atomic mass is 16.6. The van der Waals surface area contributed by atoms with Crippen LogP contribution in [0.5, 0.6) is 0 Å². The summed E-state index contributed by atoms with van der Waals surface area (Å²) in [6, 6.07) is -0.865. The van der Waals surface area contributed by atoms with Crippen molar-refractivity contribution in [2.75, 3.05) is 7.11 Å². The summed E-state index contributed by atoms with van der Waals surface area (Å²) in [7, 11) is 1.23. The Hall–Kier alpha value is -1.59. The van der Waals surface area contributed by atoms with Crippen LogP contribution < -0.4 is 5.32 Å². The van der Waals surface area contributed by atoms with Crippen molar-refractivity contribution in [1.29, 1.82) is 0 Å². The molecule has 0 aliphatic carbocycles. The Labute approximate surface area is 113 Å². The van der Waals surface area contributed by atoms with Crippen molar-refractivity contribution >= 4 is 17.8 Å². The molecule has 0 aromatic rings. The quantitative estimate of drug-likeness (QED) is 0.746. The van der Waals surface area contributed by atoms with Crippen LogP contribution in [0.3, 0.4) is 0 Å². The minimum Gasteiger partial charge on any atom is -0.467 e. The highest BCUT2D eigenvalue weighted by Gasteiger charge is 2.25. The molecule has 0 heterocycles. The van der Waals surface area contributed by atoms with Crippen molar-refractivity contribution in [2.24, 2.45) is 0 Å². The maximum absolute atomic E-state index is 11.6. The summed E-state index contributed by atoms with van der Waals surface area (Å²) in [5.41, 5.74) is -0.649. The van der Waals surface area contributed by atoms with Gasteiger partial charge in [0.15, 0.2) is 0 Å². The van der Waals surface area contributed by atoms with Crippen molar-refractivity contribution in [1.82, 2.24) is 5.32 Å². The van der Waals surface area contributed by atoms with Crippen molar-refractivity contribution in [3.63, 3.8) is 0 Å². The fourth-order valence-electron chi connectivity index (χ4n) is 1.32. The number of hydrogen-bond donors (Lipinski definition) is 1. The predicted octanol–water partition coefficient (Wildman–Crippen LogP) is 1.81. The number of amides is 1. The smallest absolute Gasteiger partial charge is 0.408 e. The third-order valence-corrected chi connectivity index (χ3v) is 2.28. The molecule has 19 heavy (non-hydrogen) atoms. The number of ketones is 1. The zero-order valence-electron chi connectivity index (χ0n) is 12.2. The van der Waals surface area contributed by atoms with E-state index < -0.39 is 23.7 Å². The van der Waals surface area contributed by atoms with Crippen LogP contribution in [0.1, 0.15) is 47.0 Å². The lowest BCUT2D eigenvalue weighted by Gasteiger charge is -2.22. The van der Waals surface area contributed by atoms with Gasteiger partial charge in [0.2, 0.25) is 0 Å². The van der Waals surface area contributed by atoms with Gasteiger partial charge in [-0.05, 0) is 27.2 Å². The Morgan fingerprint density at radius 3 is 2.21 bits per heavy atom. The fraction of sp³-hybridized carbons (Fsp3) is 0.769. The summed E-state index contributed by atoms with van der Waals surface area (Å²) in [5.74, 6) is -0.561. The fourth-order valence-corrected chi connectivity index (χ4v) is 1.32. The van der Waals surface area contributed by atoms with Gasteiger partial charge in [0.1, 0.15) is 17.4 Å². The molecule has 1 atom stereocenters. The largest absolute Gasteiger partial charge is 0.467 e. The Morgan fingerprint density at radius 2 is 1.79 bits per heavy atom. The SMILES string of the molecule is CCC(=O)CC[C@H](NC(=O)OC(C)(C)C)C(=O)OC. The molecule has 1 N–H and O–H groups in total. The number of alkyl carbamates (subject to hydrolysis) is 1. The van der Waals surface area contributed by atoms with E-state index in [0.29, 0.717) is 6.42 Å². The molecule has 0 aliphatic rings. The van der Waals surface area contributed by atoms with E-state index in [-0.39, 0.29) is 18.6 Å². The number of carbonyl (C=O) groups excluding carboxylic acids is 3. The van der Waals surface area contributed by atoms with Gasteiger partial charge in [-0.25, -0.2) is 9.59 Å². The molecule has 0 saturated carbocycles. The molecule has 0 spiro atoms. The lowest BCUT2D eigenvalue weighted by Crippen LogP contribution is -2.44. The van der Waals surface area contributed by atoms with Crippen molar-refractivity contribution in [2.45, 2.75) is 58.6 Å². The summed E-state index contributed by atoms with van der Waals surface area (Å²) >= 11 is 0. The van der Waals surface area contributed by atoms with Crippen molar-refractivity contribution in [3.05, 3.63) is 0 Å². The van der Waals surface area contributed by atoms with Crippen molar-refractivity contribution in [3.8, 4) is 0 Å². The zero-order chi connectivity index (χ0) is 15.1. The predicted molar refractivity (Wildman–Crippen MR) is 69.7 cm³/mol. The maximum atomic E-state index is 11.6. The van der Waals surface area contributed by atoms with Gasteiger partial charge in [-0.2, -0.15) is 0 Å². The van der Waals surface area contributed by atoms with Crippen LogP contribution in [0, 0.1) is 0 Å². The second-order valence-electron chi connectivity index (χ2n) is 5.15. The Kier molecular flexibility index (Phi) is 7.11. The zero-order valence-corrected chi connectivity index (χ0v) is 12.2. The average molecular weight is 273 g/mol.